The van der Waals surface area contributed by atoms with Crippen LogP contribution < -0.4 is 10.1 Å². The minimum absolute atomic E-state index is 0.176. The van der Waals surface area contributed by atoms with Gasteiger partial charge in [-0.25, -0.2) is 8.78 Å². The number of halogens is 2. The summed E-state index contributed by atoms with van der Waals surface area (Å²) in [5.41, 5.74) is 1.85. The number of pyridine rings is 1. The molecule has 0 saturated heterocycles. The Hall–Kier alpha value is -2.69. The van der Waals surface area contributed by atoms with Crippen molar-refractivity contribution in [3.63, 3.8) is 0 Å². The highest BCUT2D eigenvalue weighted by molar-refractivity contribution is 5.94. The van der Waals surface area contributed by atoms with E-state index >= 15 is 0 Å². The van der Waals surface area contributed by atoms with Crippen LogP contribution in [0.25, 0.3) is 10.9 Å². The van der Waals surface area contributed by atoms with Gasteiger partial charge in [0.1, 0.15) is 23.1 Å². The summed E-state index contributed by atoms with van der Waals surface area (Å²) in [5.74, 6) is -0.610. The van der Waals surface area contributed by atoms with Crippen molar-refractivity contribution < 1.29 is 13.5 Å². The molecule has 0 bridgehead atoms. The van der Waals surface area contributed by atoms with Gasteiger partial charge in [0.15, 0.2) is 0 Å². The van der Waals surface area contributed by atoms with Crippen LogP contribution in [0.4, 0.5) is 20.2 Å². The number of hydrogen-bond acceptors (Lipinski definition) is 3. The standard InChI is InChI=1S/C17H14F2N2O/c1-10-8-15(21-17-13(18)4-3-5-14(17)19)12-7-6-11(22-2)9-16(12)20-10/h3-9H,1-2H3,(H,20,21). The molecule has 0 saturated carbocycles. The molecule has 3 aromatic rings. The number of anilines is 2. The number of fused-ring (bicyclic) bond motifs is 1. The molecule has 0 aliphatic rings. The van der Waals surface area contributed by atoms with Gasteiger partial charge in [0.25, 0.3) is 0 Å². The van der Waals surface area contributed by atoms with Gasteiger partial charge in [-0.15, -0.1) is 0 Å². The van der Waals surface area contributed by atoms with E-state index in [1.807, 2.05) is 13.0 Å². The van der Waals surface area contributed by atoms with E-state index in [-0.39, 0.29) is 5.69 Å². The maximum absolute atomic E-state index is 13.8. The average molecular weight is 300 g/mol. The number of nitrogens with one attached hydrogen (secondary N) is 1. The minimum atomic E-state index is -0.642. The number of benzene rings is 2. The lowest BCUT2D eigenvalue weighted by atomic mass is 10.1. The molecule has 0 aliphatic heterocycles. The zero-order valence-corrected chi connectivity index (χ0v) is 12.2. The van der Waals surface area contributed by atoms with E-state index in [9.17, 15) is 8.78 Å². The van der Waals surface area contributed by atoms with Crippen LogP contribution in [0.1, 0.15) is 5.69 Å². The van der Waals surface area contributed by atoms with Gasteiger partial charge < -0.3 is 10.1 Å². The molecule has 112 valence electrons. The summed E-state index contributed by atoms with van der Waals surface area (Å²) in [6.07, 6.45) is 0. The minimum Gasteiger partial charge on any atom is -0.497 e. The second kappa shape index (κ2) is 5.60. The molecule has 0 unspecified atom stereocenters. The second-order valence-corrected chi connectivity index (χ2v) is 4.92. The molecular formula is C17H14F2N2O. The Morgan fingerprint density at radius 2 is 1.77 bits per heavy atom. The Morgan fingerprint density at radius 3 is 2.45 bits per heavy atom. The quantitative estimate of drug-likeness (QED) is 0.769. The summed E-state index contributed by atoms with van der Waals surface area (Å²) in [6, 6.07) is 10.9. The highest BCUT2D eigenvalue weighted by atomic mass is 19.1. The molecule has 1 N–H and O–H groups in total. The van der Waals surface area contributed by atoms with Gasteiger partial charge in [0.2, 0.25) is 0 Å². The molecule has 0 fully saturated rings. The van der Waals surface area contributed by atoms with E-state index in [1.165, 1.54) is 18.2 Å². The zero-order chi connectivity index (χ0) is 15.7. The molecule has 1 aromatic heterocycles. The van der Waals surface area contributed by atoms with Crippen molar-refractivity contribution in [3.05, 3.63) is 59.8 Å². The first-order valence-electron chi connectivity index (χ1n) is 6.75. The fraction of sp³-hybridized carbons (Fsp3) is 0.118. The van der Waals surface area contributed by atoms with Crippen LogP contribution in [0.2, 0.25) is 0 Å². The summed E-state index contributed by atoms with van der Waals surface area (Å²) in [4.78, 5) is 4.42. The lowest BCUT2D eigenvalue weighted by Gasteiger charge is -2.13. The average Bonchev–Trinajstić information content (AvgIpc) is 2.50. The van der Waals surface area contributed by atoms with E-state index < -0.39 is 11.6 Å². The summed E-state index contributed by atoms with van der Waals surface area (Å²) < 4.78 is 32.8. The maximum atomic E-state index is 13.8. The predicted molar refractivity (Wildman–Crippen MR) is 82.7 cm³/mol. The van der Waals surface area contributed by atoms with Crippen LogP contribution in [0, 0.1) is 18.6 Å². The Bertz CT molecular complexity index is 829. The monoisotopic (exact) mass is 300 g/mol. The Morgan fingerprint density at radius 1 is 1.05 bits per heavy atom. The van der Waals surface area contributed by atoms with Crippen LogP contribution in [0.5, 0.6) is 5.75 Å². The highest BCUT2D eigenvalue weighted by Gasteiger charge is 2.11. The van der Waals surface area contributed by atoms with Gasteiger partial charge in [0, 0.05) is 22.8 Å². The van der Waals surface area contributed by atoms with Crippen molar-refractivity contribution in [1.29, 1.82) is 0 Å². The van der Waals surface area contributed by atoms with Gasteiger partial charge >= 0.3 is 0 Å². The molecule has 0 amide bonds. The Balaban J connectivity index is 2.14. The number of rotatable bonds is 3. The normalized spacial score (nSPS) is 10.7. The lowest BCUT2D eigenvalue weighted by Crippen LogP contribution is -1.99. The number of para-hydroxylation sites is 1. The lowest BCUT2D eigenvalue weighted by molar-refractivity contribution is 0.415. The first-order chi connectivity index (χ1) is 10.6. The van der Waals surface area contributed by atoms with Crippen molar-refractivity contribution in [2.45, 2.75) is 6.92 Å². The molecule has 3 rings (SSSR count). The molecule has 5 heteroatoms. The third-order valence-corrected chi connectivity index (χ3v) is 3.37. The molecule has 3 nitrogen and oxygen atoms in total. The van der Waals surface area contributed by atoms with Gasteiger partial charge in [-0.2, -0.15) is 0 Å². The first-order valence-corrected chi connectivity index (χ1v) is 6.75. The van der Waals surface area contributed by atoms with Crippen molar-refractivity contribution in [1.82, 2.24) is 4.98 Å². The maximum Gasteiger partial charge on any atom is 0.149 e. The highest BCUT2D eigenvalue weighted by Crippen LogP contribution is 2.30. The summed E-state index contributed by atoms with van der Waals surface area (Å²) in [6.45, 7) is 1.82. The van der Waals surface area contributed by atoms with Crippen molar-refractivity contribution >= 4 is 22.3 Å². The summed E-state index contributed by atoms with van der Waals surface area (Å²) >= 11 is 0. The van der Waals surface area contributed by atoms with E-state index in [1.54, 1.807) is 25.3 Å². The van der Waals surface area contributed by atoms with Crippen LogP contribution in [-0.2, 0) is 0 Å². The van der Waals surface area contributed by atoms with E-state index in [0.717, 1.165) is 11.1 Å². The SMILES string of the molecule is COc1ccc2c(Nc3c(F)cccc3F)cc(C)nc2c1. The number of ether oxygens (including phenoxy) is 1. The topological polar surface area (TPSA) is 34.1 Å². The number of nitrogens with zero attached hydrogens (tertiary/aromatic N) is 1. The first kappa shape index (κ1) is 14.3. The largest absolute Gasteiger partial charge is 0.497 e. The Kier molecular flexibility index (Phi) is 3.63. The van der Waals surface area contributed by atoms with Gasteiger partial charge in [-0.3, -0.25) is 4.98 Å². The van der Waals surface area contributed by atoms with Crippen LogP contribution in [0.3, 0.4) is 0 Å². The smallest absolute Gasteiger partial charge is 0.149 e. The van der Waals surface area contributed by atoms with E-state index in [4.69, 9.17) is 4.74 Å². The molecule has 0 radical (unpaired) electrons. The molecule has 22 heavy (non-hydrogen) atoms. The molecular weight excluding hydrogens is 286 g/mol. The fourth-order valence-corrected chi connectivity index (χ4v) is 2.32. The van der Waals surface area contributed by atoms with Crippen molar-refractivity contribution in [2.75, 3.05) is 12.4 Å². The number of aryl methyl sites for hydroxylation is 1. The van der Waals surface area contributed by atoms with Crippen LogP contribution in [0.15, 0.2) is 42.5 Å². The summed E-state index contributed by atoms with van der Waals surface area (Å²) in [5, 5.41) is 3.59. The third-order valence-electron chi connectivity index (χ3n) is 3.37. The third kappa shape index (κ3) is 2.57. The molecule has 1 heterocycles. The zero-order valence-electron chi connectivity index (χ0n) is 12.2. The van der Waals surface area contributed by atoms with E-state index in [0.29, 0.717) is 17.0 Å². The van der Waals surface area contributed by atoms with Gasteiger partial charge in [-0.1, -0.05) is 6.07 Å². The fourth-order valence-electron chi connectivity index (χ4n) is 2.32. The number of methoxy groups -OCH3 is 1. The molecule has 2 aromatic carbocycles. The summed E-state index contributed by atoms with van der Waals surface area (Å²) in [7, 11) is 1.57. The second-order valence-electron chi connectivity index (χ2n) is 4.92. The van der Waals surface area contributed by atoms with Crippen molar-refractivity contribution in [3.8, 4) is 5.75 Å². The number of aromatic nitrogens is 1. The predicted octanol–water partition coefficient (Wildman–Crippen LogP) is 4.57. The van der Waals surface area contributed by atoms with Crippen molar-refractivity contribution in [2.24, 2.45) is 0 Å². The van der Waals surface area contributed by atoms with E-state index in [2.05, 4.69) is 10.3 Å². The molecule has 0 atom stereocenters. The van der Waals surface area contributed by atoms with Crippen LogP contribution in [-0.4, -0.2) is 12.1 Å². The molecule has 0 aliphatic carbocycles. The Labute approximate surface area is 126 Å². The van der Waals surface area contributed by atoms with Gasteiger partial charge in [0.05, 0.1) is 12.6 Å². The van der Waals surface area contributed by atoms with Gasteiger partial charge in [-0.05, 0) is 37.3 Å². The van der Waals surface area contributed by atoms with Crippen LogP contribution >= 0.6 is 0 Å². The number of hydrogen-bond donors (Lipinski definition) is 1. The molecule has 0 spiro atoms.